The number of rotatable bonds is 5. The minimum atomic E-state index is -0.399. The lowest BCUT2D eigenvalue weighted by Crippen LogP contribution is -2.28. The highest BCUT2D eigenvalue weighted by molar-refractivity contribution is 7.13. The van der Waals surface area contributed by atoms with Gasteiger partial charge in [-0.05, 0) is 24.3 Å². The summed E-state index contributed by atoms with van der Waals surface area (Å²) in [5, 5.41) is 5.61. The highest BCUT2D eigenvalue weighted by atomic mass is 32.1. The number of halogens is 1. The average Bonchev–Trinajstić information content (AvgIpc) is 2.78. The molecule has 0 aliphatic rings. The van der Waals surface area contributed by atoms with Gasteiger partial charge in [0.25, 0.3) is 0 Å². The van der Waals surface area contributed by atoms with Crippen LogP contribution in [0.25, 0.3) is 10.6 Å². The zero-order chi connectivity index (χ0) is 13.0. The number of thiazole rings is 1. The van der Waals surface area contributed by atoms with Crippen molar-refractivity contribution in [2.45, 2.75) is 6.54 Å². The van der Waals surface area contributed by atoms with Crippen molar-refractivity contribution < 1.29 is 9.18 Å². The summed E-state index contributed by atoms with van der Waals surface area (Å²) in [7, 11) is 0. The summed E-state index contributed by atoms with van der Waals surface area (Å²) < 4.78 is 12.8. The molecule has 0 saturated heterocycles. The van der Waals surface area contributed by atoms with Gasteiger partial charge in [-0.15, -0.1) is 11.3 Å². The number of hydrogen-bond acceptors (Lipinski definition) is 4. The number of nitrogens with zero attached hydrogens (tertiary/aromatic N) is 1. The Balaban J connectivity index is 2.01. The number of aromatic nitrogens is 1. The lowest BCUT2D eigenvalue weighted by Gasteiger charge is -1.98. The molecule has 1 heterocycles. The molecule has 1 amide bonds. The van der Waals surface area contributed by atoms with Crippen molar-refractivity contribution in [1.82, 2.24) is 10.3 Å². The Morgan fingerprint density at radius 3 is 2.78 bits per heavy atom. The SMILES string of the molecule is NC(=O)CNCc1csc(-c2ccc(F)cc2)n1. The van der Waals surface area contributed by atoms with E-state index in [0.717, 1.165) is 16.3 Å². The second kappa shape index (κ2) is 5.70. The maximum absolute atomic E-state index is 12.8. The molecule has 2 rings (SSSR count). The van der Waals surface area contributed by atoms with Crippen LogP contribution in [0.1, 0.15) is 5.69 Å². The molecule has 2 aromatic rings. The van der Waals surface area contributed by atoms with E-state index in [1.165, 1.54) is 23.5 Å². The molecular formula is C12H12FN3OS. The van der Waals surface area contributed by atoms with Gasteiger partial charge in [0.1, 0.15) is 10.8 Å². The smallest absolute Gasteiger partial charge is 0.231 e. The molecule has 0 fully saturated rings. The Kier molecular flexibility index (Phi) is 4.01. The second-order valence-corrected chi connectivity index (χ2v) is 4.58. The Bertz CT molecular complexity index is 539. The first kappa shape index (κ1) is 12.7. The molecule has 1 aromatic carbocycles. The molecule has 0 radical (unpaired) electrons. The van der Waals surface area contributed by atoms with Crippen molar-refractivity contribution >= 4 is 17.2 Å². The minimum absolute atomic E-state index is 0.128. The lowest BCUT2D eigenvalue weighted by atomic mass is 10.2. The van der Waals surface area contributed by atoms with E-state index in [4.69, 9.17) is 5.73 Å². The van der Waals surface area contributed by atoms with Gasteiger partial charge in [0.2, 0.25) is 5.91 Å². The first-order chi connectivity index (χ1) is 8.65. The van der Waals surface area contributed by atoms with Crippen molar-refractivity contribution in [3.63, 3.8) is 0 Å². The molecule has 0 unspecified atom stereocenters. The van der Waals surface area contributed by atoms with Crippen molar-refractivity contribution in [3.05, 3.63) is 41.2 Å². The molecule has 0 saturated carbocycles. The fourth-order valence-corrected chi connectivity index (χ4v) is 2.25. The first-order valence-electron chi connectivity index (χ1n) is 5.34. The lowest BCUT2D eigenvalue weighted by molar-refractivity contribution is -0.117. The summed E-state index contributed by atoms with van der Waals surface area (Å²) in [6.07, 6.45) is 0. The highest BCUT2D eigenvalue weighted by Gasteiger charge is 2.05. The van der Waals surface area contributed by atoms with Gasteiger partial charge in [-0.3, -0.25) is 4.79 Å². The molecule has 94 valence electrons. The van der Waals surface area contributed by atoms with Gasteiger partial charge in [0, 0.05) is 17.5 Å². The summed E-state index contributed by atoms with van der Waals surface area (Å²) in [5.41, 5.74) is 6.72. The van der Waals surface area contributed by atoms with Gasteiger partial charge in [-0.25, -0.2) is 9.37 Å². The molecule has 0 aliphatic carbocycles. The van der Waals surface area contributed by atoms with Gasteiger partial charge >= 0.3 is 0 Å². The molecule has 0 bridgehead atoms. The Hall–Kier alpha value is -1.79. The average molecular weight is 265 g/mol. The molecule has 3 N–H and O–H groups in total. The molecule has 1 aromatic heterocycles. The third-order valence-electron chi connectivity index (χ3n) is 2.25. The van der Waals surface area contributed by atoms with Crippen LogP contribution in [0.3, 0.4) is 0 Å². The molecular weight excluding hydrogens is 253 g/mol. The van der Waals surface area contributed by atoms with Crippen LogP contribution in [0.4, 0.5) is 4.39 Å². The number of amides is 1. The Morgan fingerprint density at radius 2 is 2.11 bits per heavy atom. The molecule has 4 nitrogen and oxygen atoms in total. The van der Waals surface area contributed by atoms with Crippen LogP contribution in [0, 0.1) is 5.82 Å². The molecule has 0 spiro atoms. The van der Waals surface area contributed by atoms with Crippen molar-refractivity contribution in [1.29, 1.82) is 0 Å². The van der Waals surface area contributed by atoms with Crippen LogP contribution < -0.4 is 11.1 Å². The van der Waals surface area contributed by atoms with E-state index in [9.17, 15) is 9.18 Å². The maximum atomic E-state index is 12.8. The fraction of sp³-hybridized carbons (Fsp3) is 0.167. The minimum Gasteiger partial charge on any atom is -0.369 e. The van der Waals surface area contributed by atoms with E-state index >= 15 is 0 Å². The Labute approximate surface area is 108 Å². The number of carbonyl (C=O) groups excluding carboxylic acids is 1. The number of nitrogens with one attached hydrogen (secondary N) is 1. The van der Waals surface area contributed by atoms with Gasteiger partial charge in [0.05, 0.1) is 12.2 Å². The van der Waals surface area contributed by atoms with E-state index in [0.29, 0.717) is 6.54 Å². The predicted molar refractivity (Wildman–Crippen MR) is 68.4 cm³/mol. The van der Waals surface area contributed by atoms with Crippen molar-refractivity contribution in [2.75, 3.05) is 6.54 Å². The van der Waals surface area contributed by atoms with Gasteiger partial charge in [-0.1, -0.05) is 0 Å². The van der Waals surface area contributed by atoms with E-state index < -0.39 is 5.91 Å². The van der Waals surface area contributed by atoms with Gasteiger partial charge in [0.15, 0.2) is 0 Å². The fourth-order valence-electron chi connectivity index (χ4n) is 1.43. The van der Waals surface area contributed by atoms with Crippen LogP contribution in [-0.2, 0) is 11.3 Å². The van der Waals surface area contributed by atoms with Crippen LogP contribution in [0.2, 0.25) is 0 Å². The van der Waals surface area contributed by atoms with E-state index in [1.54, 1.807) is 12.1 Å². The van der Waals surface area contributed by atoms with Gasteiger partial charge < -0.3 is 11.1 Å². The number of nitrogens with two attached hydrogens (primary N) is 1. The molecule has 0 aliphatic heterocycles. The second-order valence-electron chi connectivity index (χ2n) is 3.72. The number of hydrogen-bond donors (Lipinski definition) is 2. The van der Waals surface area contributed by atoms with E-state index in [-0.39, 0.29) is 12.4 Å². The van der Waals surface area contributed by atoms with Gasteiger partial charge in [-0.2, -0.15) is 0 Å². The molecule has 6 heteroatoms. The summed E-state index contributed by atoms with van der Waals surface area (Å²) in [5.74, 6) is -0.664. The van der Waals surface area contributed by atoms with Crippen molar-refractivity contribution in [3.8, 4) is 10.6 Å². The highest BCUT2D eigenvalue weighted by Crippen LogP contribution is 2.23. The summed E-state index contributed by atoms with van der Waals surface area (Å²) in [4.78, 5) is 14.9. The first-order valence-corrected chi connectivity index (χ1v) is 6.22. The zero-order valence-corrected chi connectivity index (χ0v) is 10.3. The van der Waals surface area contributed by atoms with Crippen molar-refractivity contribution in [2.24, 2.45) is 5.73 Å². The molecule has 0 atom stereocenters. The number of primary amides is 1. The van der Waals surface area contributed by atoms with Crippen LogP contribution in [0.15, 0.2) is 29.6 Å². The number of carbonyl (C=O) groups is 1. The van der Waals surface area contributed by atoms with Crippen LogP contribution in [0.5, 0.6) is 0 Å². The standard InChI is InChI=1S/C12H12FN3OS/c13-9-3-1-8(2-4-9)12-16-10(7-18-12)5-15-6-11(14)17/h1-4,7,15H,5-6H2,(H2,14,17). The summed E-state index contributed by atoms with van der Waals surface area (Å²) in [6.45, 7) is 0.615. The predicted octanol–water partition coefficient (Wildman–Crippen LogP) is 1.52. The van der Waals surface area contributed by atoms with E-state index in [2.05, 4.69) is 10.3 Å². The zero-order valence-electron chi connectivity index (χ0n) is 9.52. The topological polar surface area (TPSA) is 68.0 Å². The molecule has 18 heavy (non-hydrogen) atoms. The van der Waals surface area contributed by atoms with Crippen LogP contribution in [-0.4, -0.2) is 17.4 Å². The van der Waals surface area contributed by atoms with Crippen LogP contribution >= 0.6 is 11.3 Å². The normalized spacial score (nSPS) is 10.5. The maximum Gasteiger partial charge on any atom is 0.231 e. The van der Waals surface area contributed by atoms with E-state index in [1.807, 2.05) is 5.38 Å². The third kappa shape index (κ3) is 3.35. The summed E-state index contributed by atoms with van der Waals surface area (Å²) >= 11 is 1.48. The number of benzene rings is 1. The third-order valence-corrected chi connectivity index (χ3v) is 3.19. The quantitative estimate of drug-likeness (QED) is 0.861. The largest absolute Gasteiger partial charge is 0.369 e. The Morgan fingerprint density at radius 1 is 1.39 bits per heavy atom. The monoisotopic (exact) mass is 265 g/mol. The summed E-state index contributed by atoms with van der Waals surface area (Å²) in [6, 6.07) is 6.19.